The van der Waals surface area contributed by atoms with Gasteiger partial charge in [-0.25, -0.2) is 4.39 Å². The fraction of sp³-hybridized carbons (Fsp3) is 0.172. The molecule has 0 radical (unpaired) electrons. The number of Topliss-reactive ketones (excluding diaryl/α,β-unsaturated/α-hetero) is 1. The Morgan fingerprint density at radius 3 is 2.64 bits per heavy atom. The van der Waals surface area contributed by atoms with Crippen LogP contribution in [0.4, 0.5) is 4.39 Å². The zero-order valence-corrected chi connectivity index (χ0v) is 19.7. The fourth-order valence-electron chi connectivity index (χ4n) is 4.80. The molecule has 3 aromatic carbocycles. The molecule has 5 rings (SSSR count). The van der Waals surface area contributed by atoms with Crippen molar-refractivity contribution in [2.24, 2.45) is 0 Å². The number of halogens is 1. The van der Waals surface area contributed by atoms with E-state index in [1.54, 1.807) is 13.2 Å². The largest absolute Gasteiger partial charge is 0.503 e. The van der Waals surface area contributed by atoms with E-state index in [0.717, 1.165) is 22.0 Å². The van der Waals surface area contributed by atoms with Crippen LogP contribution >= 0.6 is 0 Å². The van der Waals surface area contributed by atoms with E-state index in [2.05, 4.69) is 4.98 Å². The molecule has 0 aliphatic carbocycles. The number of methoxy groups -OCH3 is 1. The molecule has 2 N–H and O–H groups in total. The first-order valence-electron chi connectivity index (χ1n) is 11.7. The van der Waals surface area contributed by atoms with Crippen LogP contribution in [0.3, 0.4) is 0 Å². The highest BCUT2D eigenvalue weighted by atomic mass is 19.1. The number of hydrogen-bond acceptors (Lipinski definition) is 4. The van der Waals surface area contributed by atoms with E-state index in [1.807, 2.05) is 54.7 Å². The Morgan fingerprint density at radius 1 is 1.08 bits per heavy atom. The molecule has 1 amide bonds. The summed E-state index contributed by atoms with van der Waals surface area (Å²) in [6.45, 7) is 0.219. The van der Waals surface area contributed by atoms with Crippen LogP contribution in [0.25, 0.3) is 10.9 Å². The van der Waals surface area contributed by atoms with E-state index in [4.69, 9.17) is 4.74 Å². The third kappa shape index (κ3) is 4.35. The van der Waals surface area contributed by atoms with Crippen molar-refractivity contribution in [1.82, 2.24) is 9.88 Å². The summed E-state index contributed by atoms with van der Waals surface area (Å²) in [5.41, 5.74) is 3.08. The third-order valence-electron chi connectivity index (χ3n) is 6.57. The Balaban J connectivity index is 1.47. The highest BCUT2D eigenvalue weighted by Gasteiger charge is 2.43. The molecule has 36 heavy (non-hydrogen) atoms. The minimum absolute atomic E-state index is 0.00458. The average Bonchev–Trinajstić information content (AvgIpc) is 3.40. The molecule has 1 aromatic heterocycles. The number of nitrogens with one attached hydrogen (secondary N) is 1. The number of aromatic amines is 1. The van der Waals surface area contributed by atoms with Gasteiger partial charge in [0.2, 0.25) is 0 Å². The molecule has 0 fully saturated rings. The molecule has 0 saturated heterocycles. The predicted octanol–water partition coefficient (Wildman–Crippen LogP) is 5.07. The van der Waals surface area contributed by atoms with Gasteiger partial charge in [-0.15, -0.1) is 0 Å². The summed E-state index contributed by atoms with van der Waals surface area (Å²) in [5.74, 6) is -1.36. The summed E-state index contributed by atoms with van der Waals surface area (Å²) in [7, 11) is 1.60. The van der Waals surface area contributed by atoms with Gasteiger partial charge in [-0.2, -0.15) is 0 Å². The summed E-state index contributed by atoms with van der Waals surface area (Å²) in [5, 5.41) is 11.8. The molecule has 1 aliphatic rings. The average molecular weight is 485 g/mol. The first kappa shape index (κ1) is 23.4. The van der Waals surface area contributed by atoms with Crippen LogP contribution in [0.5, 0.6) is 5.75 Å². The maximum atomic E-state index is 14.2. The van der Waals surface area contributed by atoms with Gasteiger partial charge in [0.15, 0.2) is 11.5 Å². The quantitative estimate of drug-likeness (QED) is 0.366. The second-order valence-corrected chi connectivity index (χ2v) is 8.78. The zero-order valence-electron chi connectivity index (χ0n) is 19.7. The molecule has 7 heteroatoms. The van der Waals surface area contributed by atoms with Crippen molar-refractivity contribution in [1.29, 1.82) is 0 Å². The number of carbonyl (C=O) groups is 2. The van der Waals surface area contributed by atoms with Crippen molar-refractivity contribution < 1.29 is 23.8 Å². The number of hydrogen-bond donors (Lipinski definition) is 2. The Kier molecular flexibility index (Phi) is 6.29. The molecule has 1 unspecified atom stereocenters. The lowest BCUT2D eigenvalue weighted by Crippen LogP contribution is -2.33. The number of nitrogens with zero attached hydrogens (tertiary/aromatic N) is 1. The number of amides is 1. The molecule has 6 nitrogen and oxygen atoms in total. The Morgan fingerprint density at radius 2 is 1.89 bits per heavy atom. The summed E-state index contributed by atoms with van der Waals surface area (Å²) < 4.78 is 19.5. The Hall–Kier alpha value is -4.39. The Bertz CT molecular complexity index is 1480. The van der Waals surface area contributed by atoms with Crippen LogP contribution in [0.1, 0.15) is 22.7 Å². The van der Waals surface area contributed by atoms with E-state index in [1.165, 1.54) is 23.1 Å². The molecule has 1 atom stereocenters. The maximum Gasteiger partial charge on any atom is 0.290 e. The normalized spacial score (nSPS) is 15.7. The van der Waals surface area contributed by atoms with E-state index < -0.39 is 23.5 Å². The SMILES string of the molecule is COc1ccc2[nH]cc(CCN3C(=O)C(O)=C(C(=O)Cc4ccccc4)C3c3cccc(F)c3)c2c1. The smallest absolute Gasteiger partial charge is 0.290 e. The van der Waals surface area contributed by atoms with Crippen molar-refractivity contribution in [3.63, 3.8) is 0 Å². The van der Waals surface area contributed by atoms with Crippen molar-refractivity contribution in [3.05, 3.63) is 113 Å². The highest BCUT2D eigenvalue weighted by Crippen LogP contribution is 2.39. The molecule has 182 valence electrons. The Labute approximate surface area is 207 Å². The summed E-state index contributed by atoms with van der Waals surface area (Å²) in [6.07, 6.45) is 2.35. The highest BCUT2D eigenvalue weighted by molar-refractivity contribution is 6.09. The van der Waals surface area contributed by atoms with Gasteiger partial charge < -0.3 is 19.7 Å². The van der Waals surface area contributed by atoms with E-state index in [-0.39, 0.29) is 24.3 Å². The fourth-order valence-corrected chi connectivity index (χ4v) is 4.80. The zero-order chi connectivity index (χ0) is 25.2. The van der Waals surface area contributed by atoms with Crippen LogP contribution in [0.15, 0.2) is 90.3 Å². The van der Waals surface area contributed by atoms with Crippen LogP contribution in [0.2, 0.25) is 0 Å². The third-order valence-corrected chi connectivity index (χ3v) is 6.57. The first-order valence-corrected chi connectivity index (χ1v) is 11.7. The van der Waals surface area contributed by atoms with Crippen LogP contribution < -0.4 is 4.74 Å². The van der Waals surface area contributed by atoms with Crippen LogP contribution in [0, 0.1) is 5.82 Å². The first-order chi connectivity index (χ1) is 17.5. The monoisotopic (exact) mass is 484 g/mol. The van der Waals surface area contributed by atoms with Crippen LogP contribution in [-0.4, -0.2) is 40.3 Å². The number of ketones is 1. The molecule has 0 saturated carbocycles. The number of benzene rings is 3. The van der Waals surface area contributed by atoms with Crippen molar-refractivity contribution in [2.45, 2.75) is 18.9 Å². The van der Waals surface area contributed by atoms with Gasteiger partial charge in [0.1, 0.15) is 11.6 Å². The lowest BCUT2D eigenvalue weighted by Gasteiger charge is -2.27. The maximum absolute atomic E-state index is 14.2. The van der Waals surface area contributed by atoms with Gasteiger partial charge in [-0.3, -0.25) is 9.59 Å². The summed E-state index contributed by atoms with van der Waals surface area (Å²) in [6, 6.07) is 19.7. The molecule has 0 spiro atoms. The van der Waals surface area contributed by atoms with Gasteiger partial charge in [0.05, 0.1) is 18.7 Å². The lowest BCUT2D eigenvalue weighted by atomic mass is 9.93. The van der Waals surface area contributed by atoms with Gasteiger partial charge in [0.25, 0.3) is 5.91 Å². The van der Waals surface area contributed by atoms with Crippen molar-refractivity contribution >= 4 is 22.6 Å². The number of aliphatic hydroxyl groups is 1. The number of carbonyl (C=O) groups excluding carboxylic acids is 2. The molecular weight excluding hydrogens is 459 g/mol. The molecule has 4 aromatic rings. The lowest BCUT2D eigenvalue weighted by molar-refractivity contribution is -0.129. The van der Waals surface area contributed by atoms with Crippen molar-refractivity contribution in [3.8, 4) is 5.75 Å². The van der Waals surface area contributed by atoms with E-state index in [9.17, 15) is 19.1 Å². The minimum Gasteiger partial charge on any atom is -0.503 e. The van der Waals surface area contributed by atoms with Crippen molar-refractivity contribution in [2.75, 3.05) is 13.7 Å². The van der Waals surface area contributed by atoms with Gasteiger partial charge in [0, 0.05) is 30.1 Å². The predicted molar refractivity (Wildman–Crippen MR) is 134 cm³/mol. The molecule has 0 bridgehead atoms. The number of H-pyrrole nitrogens is 1. The second kappa shape index (κ2) is 9.70. The number of rotatable bonds is 8. The number of aliphatic hydroxyl groups excluding tert-OH is 1. The number of fused-ring (bicyclic) bond motifs is 1. The topological polar surface area (TPSA) is 82.6 Å². The van der Waals surface area contributed by atoms with E-state index in [0.29, 0.717) is 17.7 Å². The molecule has 2 heterocycles. The summed E-state index contributed by atoms with van der Waals surface area (Å²) in [4.78, 5) is 31.2. The van der Waals surface area contributed by atoms with Gasteiger partial charge in [-0.05, 0) is 53.4 Å². The van der Waals surface area contributed by atoms with Gasteiger partial charge in [-0.1, -0.05) is 42.5 Å². The number of ether oxygens (including phenoxy) is 1. The summed E-state index contributed by atoms with van der Waals surface area (Å²) >= 11 is 0. The molecule has 1 aliphatic heterocycles. The van der Waals surface area contributed by atoms with Gasteiger partial charge >= 0.3 is 0 Å². The van der Waals surface area contributed by atoms with Crippen LogP contribution in [-0.2, 0) is 22.4 Å². The second-order valence-electron chi connectivity index (χ2n) is 8.78. The molecular formula is C29H25FN2O4. The minimum atomic E-state index is -0.885. The van der Waals surface area contributed by atoms with E-state index >= 15 is 0 Å². The number of aromatic nitrogens is 1. The standard InChI is InChI=1S/C29H25FN2O4/c1-36-22-10-11-24-23(16-22)20(17-31-24)12-13-32-27(19-8-5-9-21(30)15-19)26(28(34)29(32)35)25(33)14-18-6-3-2-4-7-18/h2-11,15-17,27,31,34H,12-14H2,1H3.